The minimum atomic E-state index is -0.435. The van der Waals surface area contributed by atoms with E-state index in [2.05, 4.69) is 16.3 Å². The Balaban J connectivity index is 1.48. The molecule has 2 aromatic rings. The predicted octanol–water partition coefficient (Wildman–Crippen LogP) is 2.84. The Kier molecular flexibility index (Phi) is 7.41. The third kappa shape index (κ3) is 6.05. The molecule has 1 N–H and O–H groups in total. The van der Waals surface area contributed by atoms with Crippen molar-refractivity contribution in [3.63, 3.8) is 0 Å². The van der Waals surface area contributed by atoms with Crippen molar-refractivity contribution < 1.29 is 14.5 Å². The molecule has 1 fully saturated rings. The summed E-state index contributed by atoms with van der Waals surface area (Å²) in [6.07, 6.45) is 0. The summed E-state index contributed by atoms with van der Waals surface area (Å²) in [6.45, 7) is 4.71. The van der Waals surface area contributed by atoms with Crippen LogP contribution in [0.15, 0.2) is 53.4 Å². The maximum Gasteiger partial charge on any atom is 0.269 e. The summed E-state index contributed by atoms with van der Waals surface area (Å²) in [7, 11) is 0. The molecule has 1 amide bonds. The summed E-state index contributed by atoms with van der Waals surface area (Å²) in [6, 6.07) is 14.4. The second-order valence-electron chi connectivity index (χ2n) is 6.47. The number of nitro benzene ring substituents is 1. The number of morpholine rings is 1. The van der Waals surface area contributed by atoms with Gasteiger partial charge >= 0.3 is 0 Å². The molecule has 0 aliphatic carbocycles. The molecule has 0 radical (unpaired) electrons. The minimum absolute atomic E-state index is 0.0469. The van der Waals surface area contributed by atoms with E-state index in [1.54, 1.807) is 12.1 Å². The van der Waals surface area contributed by atoms with Gasteiger partial charge in [0.1, 0.15) is 0 Å². The molecule has 8 heteroatoms. The van der Waals surface area contributed by atoms with Crippen LogP contribution in [-0.4, -0.2) is 47.8 Å². The summed E-state index contributed by atoms with van der Waals surface area (Å²) < 4.78 is 5.39. The maximum absolute atomic E-state index is 12.2. The summed E-state index contributed by atoms with van der Waals surface area (Å²) in [5, 5.41) is 13.6. The van der Waals surface area contributed by atoms with E-state index in [1.165, 1.54) is 29.5 Å². The fourth-order valence-corrected chi connectivity index (χ4v) is 3.67. The van der Waals surface area contributed by atoms with E-state index in [4.69, 9.17) is 4.74 Å². The molecule has 3 rings (SSSR count). The van der Waals surface area contributed by atoms with Crippen LogP contribution in [0.25, 0.3) is 0 Å². The van der Waals surface area contributed by atoms with Gasteiger partial charge in [0.15, 0.2) is 0 Å². The zero-order valence-electron chi connectivity index (χ0n) is 15.5. The number of nitro groups is 1. The number of amides is 1. The Morgan fingerprint density at radius 1 is 1.11 bits per heavy atom. The van der Waals surface area contributed by atoms with E-state index >= 15 is 0 Å². The van der Waals surface area contributed by atoms with Gasteiger partial charge in [-0.05, 0) is 23.3 Å². The van der Waals surface area contributed by atoms with Gasteiger partial charge in [0.2, 0.25) is 5.91 Å². The van der Waals surface area contributed by atoms with Crippen molar-refractivity contribution in [2.45, 2.75) is 18.0 Å². The van der Waals surface area contributed by atoms with Crippen molar-refractivity contribution in [3.05, 3.63) is 69.8 Å². The van der Waals surface area contributed by atoms with Crippen molar-refractivity contribution in [1.82, 2.24) is 10.2 Å². The smallest absolute Gasteiger partial charge is 0.269 e. The highest BCUT2D eigenvalue weighted by Gasteiger charge is 2.13. The molecule has 1 heterocycles. The quantitative estimate of drug-likeness (QED) is 0.416. The lowest BCUT2D eigenvalue weighted by Crippen LogP contribution is -2.36. The van der Waals surface area contributed by atoms with Crippen LogP contribution in [0.5, 0.6) is 0 Å². The first kappa shape index (κ1) is 20.3. The first-order valence-corrected chi connectivity index (χ1v) is 10.1. The highest BCUT2D eigenvalue weighted by Crippen LogP contribution is 2.21. The second-order valence-corrected chi connectivity index (χ2v) is 7.52. The molecule has 1 saturated heterocycles. The van der Waals surface area contributed by atoms with Gasteiger partial charge in [0.05, 0.1) is 23.9 Å². The molecule has 2 aromatic carbocycles. The first-order valence-electron chi connectivity index (χ1n) is 9.12. The number of nitrogens with one attached hydrogen (secondary N) is 1. The number of nitrogens with zero attached hydrogens (tertiary/aromatic N) is 2. The van der Waals surface area contributed by atoms with Crippen LogP contribution >= 0.6 is 11.8 Å². The van der Waals surface area contributed by atoms with Crippen molar-refractivity contribution in [1.29, 1.82) is 0 Å². The van der Waals surface area contributed by atoms with E-state index in [1.807, 2.05) is 18.2 Å². The maximum atomic E-state index is 12.2. The van der Waals surface area contributed by atoms with E-state index in [9.17, 15) is 14.9 Å². The van der Waals surface area contributed by atoms with Gasteiger partial charge in [-0.1, -0.05) is 24.3 Å². The van der Waals surface area contributed by atoms with E-state index in [0.29, 0.717) is 6.54 Å². The van der Waals surface area contributed by atoms with Crippen LogP contribution in [-0.2, 0) is 22.6 Å². The molecule has 0 aromatic heterocycles. The predicted molar refractivity (Wildman–Crippen MR) is 108 cm³/mol. The molecule has 0 unspecified atom stereocenters. The highest BCUT2D eigenvalue weighted by molar-refractivity contribution is 8.00. The number of hydrogen-bond donors (Lipinski definition) is 1. The molecule has 0 bridgehead atoms. The van der Waals surface area contributed by atoms with E-state index in [0.717, 1.165) is 43.3 Å². The molecule has 1 aliphatic heterocycles. The summed E-state index contributed by atoms with van der Waals surface area (Å²) in [4.78, 5) is 25.6. The topological polar surface area (TPSA) is 84.7 Å². The van der Waals surface area contributed by atoms with Gasteiger partial charge in [-0.15, -0.1) is 11.8 Å². The van der Waals surface area contributed by atoms with Gasteiger partial charge in [-0.2, -0.15) is 0 Å². The van der Waals surface area contributed by atoms with Gasteiger partial charge in [0.25, 0.3) is 5.69 Å². The van der Waals surface area contributed by atoms with E-state index in [-0.39, 0.29) is 17.3 Å². The molecule has 0 saturated carbocycles. The third-order valence-corrected chi connectivity index (χ3v) is 5.52. The Labute approximate surface area is 168 Å². The number of rotatable bonds is 8. The average molecular weight is 401 g/mol. The van der Waals surface area contributed by atoms with Crippen molar-refractivity contribution in [3.8, 4) is 0 Å². The van der Waals surface area contributed by atoms with Gasteiger partial charge in [-0.3, -0.25) is 19.8 Å². The Hall–Kier alpha value is -2.42. The molecule has 28 heavy (non-hydrogen) atoms. The number of carbonyl (C=O) groups is 1. The van der Waals surface area contributed by atoms with Crippen LogP contribution in [0.3, 0.4) is 0 Å². The third-order valence-electron chi connectivity index (χ3n) is 4.51. The molecule has 0 atom stereocenters. The van der Waals surface area contributed by atoms with Crippen LogP contribution in [0.1, 0.15) is 11.1 Å². The molecular weight excluding hydrogens is 378 g/mol. The monoisotopic (exact) mass is 401 g/mol. The van der Waals surface area contributed by atoms with Gasteiger partial charge in [-0.25, -0.2) is 0 Å². The lowest BCUT2D eigenvalue weighted by atomic mass is 10.1. The zero-order valence-corrected chi connectivity index (χ0v) is 16.3. The largest absolute Gasteiger partial charge is 0.379 e. The molecular formula is C20H23N3O4S. The van der Waals surface area contributed by atoms with Gasteiger partial charge in [0, 0.05) is 43.2 Å². The zero-order chi connectivity index (χ0) is 19.8. The van der Waals surface area contributed by atoms with Crippen LogP contribution in [0.2, 0.25) is 0 Å². The molecule has 1 aliphatic rings. The normalized spacial score (nSPS) is 14.6. The molecule has 0 spiro atoms. The summed E-state index contributed by atoms with van der Waals surface area (Å²) in [5.74, 6) is 0.202. The lowest BCUT2D eigenvalue weighted by Gasteiger charge is -2.27. The number of hydrogen-bond acceptors (Lipinski definition) is 6. The number of carbonyl (C=O) groups excluding carboxylic acids is 1. The average Bonchev–Trinajstić information content (AvgIpc) is 2.72. The van der Waals surface area contributed by atoms with Crippen molar-refractivity contribution >= 4 is 23.4 Å². The number of ether oxygens (including phenoxy) is 1. The van der Waals surface area contributed by atoms with Gasteiger partial charge < -0.3 is 10.1 Å². The van der Waals surface area contributed by atoms with Crippen LogP contribution in [0.4, 0.5) is 5.69 Å². The molecule has 148 valence electrons. The van der Waals surface area contributed by atoms with Crippen LogP contribution in [0, 0.1) is 10.1 Å². The minimum Gasteiger partial charge on any atom is -0.379 e. The number of non-ortho nitro benzene ring substituents is 1. The van der Waals surface area contributed by atoms with Crippen LogP contribution < -0.4 is 5.32 Å². The fraction of sp³-hybridized carbons (Fsp3) is 0.350. The lowest BCUT2D eigenvalue weighted by molar-refractivity contribution is -0.384. The standard InChI is InChI=1S/C20H23N3O4S/c24-20(15-28-19-7-5-18(6-8-19)23(25)26)21-13-16-3-1-2-4-17(16)14-22-9-11-27-12-10-22/h1-8H,9-15H2,(H,21,24). The number of benzene rings is 2. The SMILES string of the molecule is O=C(CSc1ccc([N+](=O)[O-])cc1)NCc1ccccc1CN1CCOCC1. The highest BCUT2D eigenvalue weighted by atomic mass is 32.2. The number of thioether (sulfide) groups is 1. The van der Waals surface area contributed by atoms with Crippen molar-refractivity contribution in [2.75, 3.05) is 32.1 Å². The van der Waals surface area contributed by atoms with E-state index < -0.39 is 4.92 Å². The Morgan fingerprint density at radius 2 is 1.79 bits per heavy atom. The Morgan fingerprint density at radius 3 is 2.46 bits per heavy atom. The summed E-state index contributed by atoms with van der Waals surface area (Å²) in [5.41, 5.74) is 2.38. The summed E-state index contributed by atoms with van der Waals surface area (Å²) >= 11 is 1.36. The fourth-order valence-electron chi connectivity index (χ4n) is 2.94. The Bertz CT molecular complexity index is 807. The molecule has 7 nitrogen and oxygen atoms in total. The first-order chi connectivity index (χ1) is 13.6. The van der Waals surface area contributed by atoms with Crippen molar-refractivity contribution in [2.24, 2.45) is 0 Å². The second kappa shape index (κ2) is 10.2.